The summed E-state index contributed by atoms with van der Waals surface area (Å²) in [7, 11) is -8.45. The second-order valence-electron chi connectivity index (χ2n) is 5.81. The van der Waals surface area contributed by atoms with Gasteiger partial charge in [-0.25, -0.2) is 0 Å². The van der Waals surface area contributed by atoms with Crippen LogP contribution in [0.2, 0.25) is 0 Å². The minimum Gasteiger partial charge on any atom is -0.282 e. The van der Waals surface area contributed by atoms with Crippen molar-refractivity contribution in [3.8, 4) is 0 Å². The number of rotatable bonds is 8. The third-order valence-electron chi connectivity index (χ3n) is 4.02. The first kappa shape index (κ1) is 20.5. The van der Waals surface area contributed by atoms with Crippen molar-refractivity contribution in [3.63, 3.8) is 0 Å². The van der Waals surface area contributed by atoms with Gasteiger partial charge in [-0.15, -0.1) is 0 Å². The molecule has 0 aliphatic rings. The summed E-state index contributed by atoms with van der Waals surface area (Å²) in [6, 6.07) is 11.8. The minimum absolute atomic E-state index is 0.0169. The summed E-state index contributed by atoms with van der Waals surface area (Å²) in [5.74, 6) is 5.41. The van der Waals surface area contributed by atoms with E-state index in [1.165, 1.54) is 24.3 Å². The summed E-state index contributed by atoms with van der Waals surface area (Å²) in [6.07, 6.45) is 1.29. The third-order valence-corrected chi connectivity index (χ3v) is 5.75. The first-order valence-corrected chi connectivity index (χ1v) is 10.6. The smallest absolute Gasteiger partial charge is 0.282 e. The van der Waals surface area contributed by atoms with Crippen LogP contribution < -0.4 is 11.3 Å². The van der Waals surface area contributed by atoms with Crippen LogP contribution in [0.3, 0.4) is 0 Å². The van der Waals surface area contributed by atoms with Crippen molar-refractivity contribution in [1.29, 1.82) is 0 Å². The fraction of sp³-hybridized carbons (Fsp3) is 0.250. The molecule has 5 N–H and O–H groups in total. The van der Waals surface area contributed by atoms with Crippen molar-refractivity contribution in [2.45, 2.75) is 28.6 Å². The minimum atomic E-state index is -4.24. The van der Waals surface area contributed by atoms with Crippen molar-refractivity contribution in [3.05, 3.63) is 59.7 Å². The molecular formula is C16H20N2O6S2. The molecule has 0 aliphatic carbocycles. The van der Waals surface area contributed by atoms with Gasteiger partial charge in [-0.3, -0.25) is 20.4 Å². The molecule has 0 saturated heterocycles. The highest BCUT2D eigenvalue weighted by Gasteiger charge is 2.15. The molecule has 1 atom stereocenters. The van der Waals surface area contributed by atoms with E-state index >= 15 is 0 Å². The Morgan fingerprint density at radius 1 is 0.846 bits per heavy atom. The van der Waals surface area contributed by atoms with Gasteiger partial charge in [0.2, 0.25) is 0 Å². The predicted molar refractivity (Wildman–Crippen MR) is 95.8 cm³/mol. The van der Waals surface area contributed by atoms with E-state index in [1.807, 2.05) is 0 Å². The van der Waals surface area contributed by atoms with Crippen LogP contribution in [0.25, 0.3) is 0 Å². The van der Waals surface area contributed by atoms with E-state index in [0.717, 1.165) is 11.1 Å². The SMILES string of the molecule is NNCC(CCc1ccc(S(=O)(=O)O)cc1)c1ccc(S(=O)(=O)O)cc1. The molecule has 26 heavy (non-hydrogen) atoms. The van der Waals surface area contributed by atoms with E-state index in [4.69, 9.17) is 14.9 Å². The van der Waals surface area contributed by atoms with Gasteiger partial charge in [0.05, 0.1) is 9.79 Å². The Morgan fingerprint density at radius 2 is 1.31 bits per heavy atom. The van der Waals surface area contributed by atoms with Gasteiger partial charge in [0, 0.05) is 6.54 Å². The first-order chi connectivity index (χ1) is 12.1. The number of hydrogen-bond acceptors (Lipinski definition) is 6. The predicted octanol–water partition coefficient (Wildman–Crippen LogP) is 1.36. The standard InChI is InChI=1S/C16H20N2O6S2/c17-18-11-14(13-5-9-16(10-6-13)26(22,23)24)4-1-12-2-7-15(8-3-12)25(19,20)21/h2-3,5-10,14,18H,1,4,11,17H2,(H,19,20,21)(H,22,23,24). The Bertz CT molecular complexity index is 939. The number of nitrogens with one attached hydrogen (secondary N) is 1. The summed E-state index contributed by atoms with van der Waals surface area (Å²) >= 11 is 0. The van der Waals surface area contributed by atoms with E-state index in [0.29, 0.717) is 19.4 Å². The van der Waals surface area contributed by atoms with Crippen LogP contribution in [-0.4, -0.2) is 32.5 Å². The molecule has 0 aromatic heterocycles. The van der Waals surface area contributed by atoms with Crippen LogP contribution in [0.15, 0.2) is 58.3 Å². The number of benzene rings is 2. The highest BCUT2D eigenvalue weighted by molar-refractivity contribution is 7.86. The molecule has 0 radical (unpaired) electrons. The average Bonchev–Trinajstić information content (AvgIpc) is 2.57. The molecule has 8 nitrogen and oxygen atoms in total. The molecule has 142 valence electrons. The maximum Gasteiger partial charge on any atom is 0.294 e. The Balaban J connectivity index is 2.11. The zero-order chi connectivity index (χ0) is 19.4. The molecule has 2 rings (SSSR count). The maximum atomic E-state index is 11.1. The molecule has 2 aromatic carbocycles. The van der Waals surface area contributed by atoms with Crippen molar-refractivity contribution in [1.82, 2.24) is 5.43 Å². The summed E-state index contributed by atoms with van der Waals surface area (Å²) in [4.78, 5) is -0.344. The van der Waals surface area contributed by atoms with Crippen LogP contribution in [0, 0.1) is 0 Å². The van der Waals surface area contributed by atoms with E-state index in [1.54, 1.807) is 24.3 Å². The van der Waals surface area contributed by atoms with Crippen molar-refractivity contribution >= 4 is 20.2 Å². The normalized spacial score (nSPS) is 13.5. The van der Waals surface area contributed by atoms with E-state index in [9.17, 15) is 16.8 Å². The van der Waals surface area contributed by atoms with Gasteiger partial charge in [0.15, 0.2) is 0 Å². The van der Waals surface area contributed by atoms with Crippen LogP contribution in [0.5, 0.6) is 0 Å². The molecule has 0 amide bonds. The highest BCUT2D eigenvalue weighted by Crippen LogP contribution is 2.23. The van der Waals surface area contributed by atoms with Crippen molar-refractivity contribution in [2.24, 2.45) is 5.84 Å². The Kier molecular flexibility index (Phi) is 6.50. The van der Waals surface area contributed by atoms with Crippen molar-refractivity contribution < 1.29 is 25.9 Å². The number of hydrazine groups is 1. The van der Waals surface area contributed by atoms with E-state index in [2.05, 4.69) is 5.43 Å². The lowest BCUT2D eigenvalue weighted by molar-refractivity contribution is 0.481. The van der Waals surface area contributed by atoms with Gasteiger partial charge >= 0.3 is 0 Å². The largest absolute Gasteiger partial charge is 0.294 e. The van der Waals surface area contributed by atoms with E-state index < -0.39 is 20.2 Å². The van der Waals surface area contributed by atoms with Gasteiger partial charge in [0.25, 0.3) is 20.2 Å². The molecule has 0 spiro atoms. The summed E-state index contributed by atoms with van der Waals surface area (Å²) in [6.45, 7) is 0.453. The number of hydrogen-bond donors (Lipinski definition) is 4. The van der Waals surface area contributed by atoms with Crippen molar-refractivity contribution in [2.75, 3.05) is 6.54 Å². The maximum absolute atomic E-state index is 11.1. The Hall–Kier alpha value is -1.82. The fourth-order valence-corrected chi connectivity index (χ4v) is 3.57. The van der Waals surface area contributed by atoms with Crippen LogP contribution >= 0.6 is 0 Å². The van der Waals surface area contributed by atoms with Gasteiger partial charge in [0.1, 0.15) is 0 Å². The molecule has 0 bridgehead atoms. The molecule has 0 saturated carbocycles. The van der Waals surface area contributed by atoms with E-state index in [-0.39, 0.29) is 15.7 Å². The van der Waals surface area contributed by atoms with Crippen LogP contribution in [0.1, 0.15) is 23.5 Å². The quantitative estimate of drug-likeness (QED) is 0.295. The fourth-order valence-electron chi connectivity index (χ4n) is 2.61. The van der Waals surface area contributed by atoms with Crippen LogP contribution in [0.4, 0.5) is 0 Å². The summed E-state index contributed by atoms with van der Waals surface area (Å²) < 4.78 is 62.3. The molecule has 10 heteroatoms. The third kappa shape index (κ3) is 5.59. The first-order valence-electron chi connectivity index (χ1n) is 7.68. The molecule has 0 heterocycles. The van der Waals surface area contributed by atoms with Gasteiger partial charge in [-0.2, -0.15) is 16.8 Å². The molecule has 0 aliphatic heterocycles. The molecule has 1 unspecified atom stereocenters. The monoisotopic (exact) mass is 400 g/mol. The van der Waals surface area contributed by atoms with Crippen LogP contribution in [-0.2, 0) is 26.7 Å². The second-order valence-corrected chi connectivity index (χ2v) is 8.65. The number of aryl methyl sites for hydroxylation is 1. The lowest BCUT2D eigenvalue weighted by atomic mass is 9.92. The zero-order valence-electron chi connectivity index (χ0n) is 13.7. The Labute approximate surface area is 152 Å². The topological polar surface area (TPSA) is 147 Å². The Morgan fingerprint density at radius 3 is 1.73 bits per heavy atom. The molecule has 0 fully saturated rings. The number of nitrogens with two attached hydrogens (primary N) is 1. The highest BCUT2D eigenvalue weighted by atomic mass is 32.2. The lowest BCUT2D eigenvalue weighted by Gasteiger charge is -2.17. The average molecular weight is 400 g/mol. The summed E-state index contributed by atoms with van der Waals surface area (Å²) in [5.41, 5.74) is 4.33. The van der Waals surface area contributed by atoms with Gasteiger partial charge < -0.3 is 0 Å². The summed E-state index contributed by atoms with van der Waals surface area (Å²) in [5, 5.41) is 0. The molecular weight excluding hydrogens is 380 g/mol. The van der Waals surface area contributed by atoms with Gasteiger partial charge in [-0.1, -0.05) is 24.3 Å². The van der Waals surface area contributed by atoms with Gasteiger partial charge in [-0.05, 0) is 54.2 Å². The second kappa shape index (κ2) is 8.25. The molecule has 2 aromatic rings. The zero-order valence-corrected chi connectivity index (χ0v) is 15.4. The lowest BCUT2D eigenvalue weighted by Crippen LogP contribution is -2.28.